The first kappa shape index (κ1) is 23.5. The lowest BCUT2D eigenvalue weighted by Crippen LogP contribution is -2.31. The first-order valence-corrected chi connectivity index (χ1v) is 11.2. The number of rotatable bonds is 9. The van der Waals surface area contributed by atoms with Crippen molar-refractivity contribution in [3.63, 3.8) is 0 Å². The minimum atomic E-state index is -1.07. The molecule has 0 radical (unpaired) electrons. The summed E-state index contributed by atoms with van der Waals surface area (Å²) in [5.41, 5.74) is 1.51. The van der Waals surface area contributed by atoms with Crippen LogP contribution >= 0.6 is 24.0 Å². The molecule has 0 aromatic heterocycles. The number of thioether (sulfide) groups is 1. The molecule has 2 N–H and O–H groups in total. The number of aromatic carboxylic acids is 1. The minimum Gasteiger partial charge on any atom is -0.494 e. The lowest BCUT2D eigenvalue weighted by atomic mass is 10.1. The summed E-state index contributed by atoms with van der Waals surface area (Å²) in [5, 5.41) is 11.7. The fraction of sp³-hybridized carbons (Fsp3) is 0.217. The topological polar surface area (TPSA) is 95.9 Å². The van der Waals surface area contributed by atoms with Crippen LogP contribution in [-0.2, 0) is 16.0 Å². The molecule has 2 amide bonds. The fourth-order valence-electron chi connectivity index (χ4n) is 3.00. The number of hydrogen-bond acceptors (Lipinski definition) is 6. The van der Waals surface area contributed by atoms with Crippen molar-refractivity contribution < 1.29 is 24.2 Å². The molecular weight excluding hydrogens is 448 g/mol. The Morgan fingerprint density at radius 2 is 1.97 bits per heavy atom. The Labute approximate surface area is 195 Å². The largest absolute Gasteiger partial charge is 0.494 e. The van der Waals surface area contributed by atoms with Crippen molar-refractivity contribution in [1.29, 1.82) is 0 Å². The summed E-state index contributed by atoms with van der Waals surface area (Å²) in [6, 6.07) is 13.7. The molecule has 2 aromatic rings. The van der Waals surface area contributed by atoms with Crippen molar-refractivity contribution in [3.8, 4) is 5.75 Å². The van der Waals surface area contributed by atoms with E-state index in [1.807, 2.05) is 37.3 Å². The summed E-state index contributed by atoms with van der Waals surface area (Å²) in [5.74, 6) is -0.821. The average molecular weight is 471 g/mol. The molecule has 7 nitrogen and oxygen atoms in total. The molecule has 32 heavy (non-hydrogen) atoms. The number of amides is 2. The Kier molecular flexibility index (Phi) is 8.02. The van der Waals surface area contributed by atoms with Crippen LogP contribution in [0.5, 0.6) is 5.75 Å². The quantitative estimate of drug-likeness (QED) is 0.421. The molecule has 166 valence electrons. The van der Waals surface area contributed by atoms with Crippen LogP contribution in [0, 0.1) is 0 Å². The van der Waals surface area contributed by atoms with Gasteiger partial charge in [0.25, 0.3) is 5.91 Å². The Bertz CT molecular complexity index is 1070. The van der Waals surface area contributed by atoms with Crippen molar-refractivity contribution in [3.05, 3.63) is 70.6 Å². The Morgan fingerprint density at radius 1 is 1.22 bits per heavy atom. The zero-order valence-electron chi connectivity index (χ0n) is 17.4. The normalized spacial score (nSPS) is 14.7. The molecule has 0 saturated carbocycles. The molecule has 1 heterocycles. The molecule has 1 fully saturated rings. The van der Waals surface area contributed by atoms with Crippen LogP contribution in [0.3, 0.4) is 0 Å². The van der Waals surface area contributed by atoms with Crippen molar-refractivity contribution in [2.24, 2.45) is 0 Å². The second-order valence-corrected chi connectivity index (χ2v) is 8.53. The van der Waals surface area contributed by atoms with E-state index in [1.165, 1.54) is 28.8 Å². The van der Waals surface area contributed by atoms with E-state index in [0.717, 1.165) is 11.3 Å². The van der Waals surface area contributed by atoms with Crippen molar-refractivity contribution in [2.75, 3.05) is 18.5 Å². The lowest BCUT2D eigenvalue weighted by Gasteiger charge is -2.14. The predicted molar refractivity (Wildman–Crippen MR) is 128 cm³/mol. The Morgan fingerprint density at radius 3 is 2.66 bits per heavy atom. The molecule has 0 spiro atoms. The van der Waals surface area contributed by atoms with E-state index in [0.29, 0.717) is 27.9 Å². The van der Waals surface area contributed by atoms with Gasteiger partial charge >= 0.3 is 5.97 Å². The molecular formula is C23H22N2O5S2. The standard InChI is InChI=1S/C23H22N2O5S2/c1-2-30-18-9-6-15(7-10-18)8-11-19-21(27)25(23(31)32-19)13-12-20(26)24-17-5-3-4-16(14-17)22(28)29/h3-7,9-11,14H,2,8,12-13H2,1H3,(H,24,26)(H,28,29)/b19-11-. The van der Waals surface area contributed by atoms with Gasteiger partial charge in [-0.15, -0.1) is 0 Å². The van der Waals surface area contributed by atoms with E-state index in [4.69, 9.17) is 22.1 Å². The molecule has 1 aliphatic heterocycles. The zero-order chi connectivity index (χ0) is 23.1. The van der Waals surface area contributed by atoms with E-state index >= 15 is 0 Å². The SMILES string of the molecule is CCOc1ccc(C/C=C2\SC(=S)N(CCC(=O)Nc3cccc(C(=O)O)c3)C2=O)cc1. The number of ether oxygens (including phenoxy) is 1. The van der Waals surface area contributed by atoms with Gasteiger partial charge in [-0.2, -0.15) is 0 Å². The molecule has 3 rings (SSSR count). The summed E-state index contributed by atoms with van der Waals surface area (Å²) >= 11 is 6.53. The van der Waals surface area contributed by atoms with Gasteiger partial charge < -0.3 is 15.2 Å². The number of benzene rings is 2. The van der Waals surface area contributed by atoms with E-state index in [-0.39, 0.29) is 30.3 Å². The number of anilines is 1. The van der Waals surface area contributed by atoms with Gasteiger partial charge in [-0.25, -0.2) is 4.79 Å². The van der Waals surface area contributed by atoms with Gasteiger partial charge in [0.05, 0.1) is 17.1 Å². The molecule has 0 bridgehead atoms. The molecule has 1 saturated heterocycles. The molecule has 0 atom stereocenters. The number of carbonyl (C=O) groups is 3. The maximum atomic E-state index is 12.7. The minimum absolute atomic E-state index is 0.0376. The second kappa shape index (κ2) is 10.9. The van der Waals surface area contributed by atoms with Crippen LogP contribution in [0.25, 0.3) is 0 Å². The second-order valence-electron chi connectivity index (χ2n) is 6.86. The zero-order valence-corrected chi connectivity index (χ0v) is 19.0. The lowest BCUT2D eigenvalue weighted by molar-refractivity contribution is -0.122. The third-order valence-corrected chi connectivity index (χ3v) is 6.01. The summed E-state index contributed by atoms with van der Waals surface area (Å²) in [6.45, 7) is 2.68. The predicted octanol–water partition coefficient (Wildman–Crippen LogP) is 4.10. The fourth-order valence-corrected chi connectivity index (χ4v) is 4.28. The first-order valence-electron chi connectivity index (χ1n) is 9.96. The van der Waals surface area contributed by atoms with E-state index in [1.54, 1.807) is 12.1 Å². The highest BCUT2D eigenvalue weighted by atomic mass is 32.2. The third kappa shape index (κ3) is 6.18. The number of thiocarbonyl (C=S) groups is 1. The van der Waals surface area contributed by atoms with E-state index in [2.05, 4.69) is 5.32 Å². The van der Waals surface area contributed by atoms with Crippen LogP contribution in [0.15, 0.2) is 59.5 Å². The van der Waals surface area contributed by atoms with E-state index < -0.39 is 5.97 Å². The van der Waals surface area contributed by atoms with Gasteiger partial charge in [-0.1, -0.05) is 48.3 Å². The van der Waals surface area contributed by atoms with Crippen LogP contribution in [0.2, 0.25) is 0 Å². The maximum absolute atomic E-state index is 12.7. The highest BCUT2D eigenvalue weighted by molar-refractivity contribution is 8.26. The van der Waals surface area contributed by atoms with Gasteiger partial charge in [0.15, 0.2) is 0 Å². The highest BCUT2D eigenvalue weighted by Gasteiger charge is 2.31. The van der Waals surface area contributed by atoms with Crippen LogP contribution < -0.4 is 10.1 Å². The van der Waals surface area contributed by atoms with Crippen LogP contribution in [-0.4, -0.2) is 45.3 Å². The first-order chi connectivity index (χ1) is 15.4. The number of carboxylic acid groups (broad SMARTS) is 1. The Hall–Kier alpha value is -3.17. The van der Waals surface area contributed by atoms with Crippen LogP contribution in [0.4, 0.5) is 5.69 Å². The number of hydrogen-bond donors (Lipinski definition) is 2. The number of nitrogens with one attached hydrogen (secondary N) is 1. The monoisotopic (exact) mass is 470 g/mol. The number of carbonyl (C=O) groups excluding carboxylic acids is 2. The van der Waals surface area contributed by atoms with Crippen molar-refractivity contribution in [1.82, 2.24) is 4.90 Å². The average Bonchev–Trinajstić information content (AvgIpc) is 3.04. The van der Waals surface area contributed by atoms with Gasteiger partial charge in [0, 0.05) is 18.7 Å². The van der Waals surface area contributed by atoms with Gasteiger partial charge in [0.1, 0.15) is 10.1 Å². The number of nitrogens with zero attached hydrogens (tertiary/aromatic N) is 1. The summed E-state index contributed by atoms with van der Waals surface area (Å²) in [4.78, 5) is 38.0. The van der Waals surface area contributed by atoms with Crippen molar-refractivity contribution in [2.45, 2.75) is 19.8 Å². The number of allylic oxidation sites excluding steroid dienone is 1. The van der Waals surface area contributed by atoms with E-state index in [9.17, 15) is 14.4 Å². The van der Waals surface area contributed by atoms with Gasteiger partial charge in [-0.05, 0) is 49.2 Å². The summed E-state index contributed by atoms with van der Waals surface area (Å²) in [7, 11) is 0. The molecule has 9 heteroatoms. The third-order valence-electron chi connectivity index (χ3n) is 4.59. The van der Waals surface area contributed by atoms with Crippen molar-refractivity contribution >= 4 is 51.8 Å². The number of carboxylic acids is 1. The van der Waals surface area contributed by atoms with Crippen LogP contribution in [0.1, 0.15) is 29.3 Å². The molecule has 2 aromatic carbocycles. The Balaban J connectivity index is 1.54. The maximum Gasteiger partial charge on any atom is 0.335 e. The smallest absolute Gasteiger partial charge is 0.335 e. The molecule has 0 aliphatic carbocycles. The molecule has 0 unspecified atom stereocenters. The van der Waals surface area contributed by atoms with Gasteiger partial charge in [0.2, 0.25) is 5.91 Å². The summed E-state index contributed by atoms with van der Waals surface area (Å²) < 4.78 is 5.84. The molecule has 1 aliphatic rings. The summed E-state index contributed by atoms with van der Waals surface area (Å²) in [6.07, 6.45) is 2.46. The van der Waals surface area contributed by atoms with Gasteiger partial charge in [-0.3, -0.25) is 14.5 Å². The highest BCUT2D eigenvalue weighted by Crippen LogP contribution is 2.31.